The SMILES string of the molecule is NC(=O)c1ccc(N2CCCCC2)c(NC(=O)c2ccnnc2)c1. The van der Waals surface area contributed by atoms with Gasteiger partial charge in [-0.2, -0.15) is 10.2 Å². The van der Waals surface area contributed by atoms with Crippen LogP contribution in [0.5, 0.6) is 0 Å². The first-order valence-electron chi connectivity index (χ1n) is 7.92. The number of carbonyl (C=O) groups is 2. The Morgan fingerprint density at radius 2 is 1.83 bits per heavy atom. The van der Waals surface area contributed by atoms with E-state index in [1.807, 2.05) is 6.07 Å². The third kappa shape index (κ3) is 3.51. The Labute approximate surface area is 139 Å². The lowest BCUT2D eigenvalue weighted by atomic mass is 10.1. The Morgan fingerprint density at radius 1 is 1.04 bits per heavy atom. The number of hydrogen-bond donors (Lipinski definition) is 2. The van der Waals surface area contributed by atoms with Crippen LogP contribution < -0.4 is 16.0 Å². The molecule has 1 fully saturated rings. The van der Waals surface area contributed by atoms with Crippen molar-refractivity contribution >= 4 is 23.2 Å². The molecule has 0 saturated carbocycles. The van der Waals surface area contributed by atoms with Crippen LogP contribution in [0, 0.1) is 0 Å². The van der Waals surface area contributed by atoms with Gasteiger partial charge in [-0.25, -0.2) is 0 Å². The molecule has 0 radical (unpaired) electrons. The predicted octanol–water partition coefficient (Wildman–Crippen LogP) is 1.82. The maximum Gasteiger partial charge on any atom is 0.257 e. The van der Waals surface area contributed by atoms with Crippen LogP contribution in [-0.4, -0.2) is 35.1 Å². The molecule has 2 amide bonds. The zero-order valence-corrected chi connectivity index (χ0v) is 13.2. The van der Waals surface area contributed by atoms with E-state index in [1.54, 1.807) is 18.2 Å². The fourth-order valence-electron chi connectivity index (χ4n) is 2.82. The molecular formula is C17H19N5O2. The second-order valence-corrected chi connectivity index (χ2v) is 5.73. The molecule has 2 aromatic rings. The zero-order valence-electron chi connectivity index (χ0n) is 13.2. The van der Waals surface area contributed by atoms with Crippen molar-refractivity contribution in [2.75, 3.05) is 23.3 Å². The van der Waals surface area contributed by atoms with Crippen LogP contribution in [0.15, 0.2) is 36.7 Å². The average molecular weight is 325 g/mol. The minimum Gasteiger partial charge on any atom is -0.370 e. The summed E-state index contributed by atoms with van der Waals surface area (Å²) in [4.78, 5) is 26.1. The molecule has 0 bridgehead atoms. The number of nitrogens with one attached hydrogen (secondary N) is 1. The van der Waals surface area contributed by atoms with Gasteiger partial charge in [-0.05, 0) is 43.5 Å². The minimum absolute atomic E-state index is 0.301. The number of carbonyl (C=O) groups excluding carboxylic acids is 2. The highest BCUT2D eigenvalue weighted by Crippen LogP contribution is 2.30. The lowest BCUT2D eigenvalue weighted by molar-refractivity contribution is 0.0996. The number of amides is 2. The van der Waals surface area contributed by atoms with Gasteiger partial charge in [-0.15, -0.1) is 0 Å². The van der Waals surface area contributed by atoms with Crippen molar-refractivity contribution in [1.29, 1.82) is 0 Å². The highest BCUT2D eigenvalue weighted by Gasteiger charge is 2.18. The van der Waals surface area contributed by atoms with Crippen LogP contribution in [0.3, 0.4) is 0 Å². The molecule has 1 aliphatic heterocycles. The molecule has 0 aliphatic carbocycles. The van der Waals surface area contributed by atoms with E-state index in [0.717, 1.165) is 31.6 Å². The molecule has 7 heteroatoms. The Bertz CT molecular complexity index is 742. The summed E-state index contributed by atoms with van der Waals surface area (Å²) >= 11 is 0. The Balaban J connectivity index is 1.92. The van der Waals surface area contributed by atoms with Gasteiger partial charge in [0.2, 0.25) is 5.91 Å². The summed E-state index contributed by atoms with van der Waals surface area (Å²) in [5.41, 5.74) is 7.61. The van der Waals surface area contributed by atoms with Crippen LogP contribution in [0.4, 0.5) is 11.4 Å². The number of benzene rings is 1. The summed E-state index contributed by atoms with van der Waals surface area (Å²) in [5.74, 6) is -0.828. The van der Waals surface area contributed by atoms with Crippen molar-refractivity contribution in [3.8, 4) is 0 Å². The van der Waals surface area contributed by atoms with E-state index < -0.39 is 5.91 Å². The Kier molecular flexibility index (Phi) is 4.69. The van der Waals surface area contributed by atoms with Crippen molar-refractivity contribution in [3.63, 3.8) is 0 Å². The van der Waals surface area contributed by atoms with Crippen molar-refractivity contribution in [2.45, 2.75) is 19.3 Å². The quantitative estimate of drug-likeness (QED) is 0.893. The van der Waals surface area contributed by atoms with Gasteiger partial charge in [0, 0.05) is 18.7 Å². The maximum atomic E-state index is 12.4. The molecule has 2 heterocycles. The first-order valence-corrected chi connectivity index (χ1v) is 7.92. The van der Waals surface area contributed by atoms with Crippen LogP contribution in [0.2, 0.25) is 0 Å². The zero-order chi connectivity index (χ0) is 16.9. The number of rotatable bonds is 4. The monoisotopic (exact) mass is 325 g/mol. The molecule has 1 aromatic carbocycles. The van der Waals surface area contributed by atoms with Crippen molar-refractivity contribution < 1.29 is 9.59 Å². The molecule has 7 nitrogen and oxygen atoms in total. The van der Waals surface area contributed by atoms with Gasteiger partial charge in [0.1, 0.15) is 0 Å². The minimum atomic E-state index is -0.527. The lowest BCUT2D eigenvalue weighted by Gasteiger charge is -2.30. The molecule has 1 aromatic heterocycles. The number of nitrogens with zero attached hydrogens (tertiary/aromatic N) is 3. The number of aromatic nitrogens is 2. The fourth-order valence-corrected chi connectivity index (χ4v) is 2.82. The number of nitrogens with two attached hydrogens (primary N) is 1. The maximum absolute atomic E-state index is 12.4. The molecule has 1 saturated heterocycles. The smallest absolute Gasteiger partial charge is 0.257 e. The lowest BCUT2D eigenvalue weighted by Crippen LogP contribution is -2.30. The standard InChI is InChI=1S/C17H19N5O2/c18-16(23)12-4-5-15(22-8-2-1-3-9-22)14(10-12)21-17(24)13-6-7-19-20-11-13/h4-7,10-11H,1-3,8-9H2,(H2,18,23)(H,21,24). The Hall–Kier alpha value is -2.96. The highest BCUT2D eigenvalue weighted by atomic mass is 16.2. The van der Waals surface area contributed by atoms with Gasteiger partial charge in [-0.1, -0.05) is 0 Å². The van der Waals surface area contributed by atoms with E-state index >= 15 is 0 Å². The number of hydrogen-bond acceptors (Lipinski definition) is 5. The van der Waals surface area contributed by atoms with Crippen LogP contribution in [0.25, 0.3) is 0 Å². The number of primary amides is 1. The molecule has 3 rings (SSSR count). The summed E-state index contributed by atoms with van der Waals surface area (Å²) in [7, 11) is 0. The van der Waals surface area contributed by atoms with Gasteiger partial charge < -0.3 is 16.0 Å². The van der Waals surface area contributed by atoms with Gasteiger partial charge in [0.15, 0.2) is 0 Å². The van der Waals surface area contributed by atoms with E-state index in [9.17, 15) is 9.59 Å². The van der Waals surface area contributed by atoms with Gasteiger partial charge in [0.25, 0.3) is 5.91 Å². The van der Waals surface area contributed by atoms with E-state index in [-0.39, 0.29) is 5.91 Å². The van der Waals surface area contributed by atoms with E-state index in [2.05, 4.69) is 20.4 Å². The topological polar surface area (TPSA) is 101 Å². The molecule has 0 atom stereocenters. The third-order valence-corrected chi connectivity index (χ3v) is 4.07. The summed E-state index contributed by atoms with van der Waals surface area (Å²) in [6.45, 7) is 1.85. The van der Waals surface area contributed by atoms with E-state index in [1.165, 1.54) is 18.8 Å². The molecule has 3 N–H and O–H groups in total. The van der Waals surface area contributed by atoms with Gasteiger partial charge in [0.05, 0.1) is 29.3 Å². The molecule has 0 spiro atoms. The van der Waals surface area contributed by atoms with Crippen LogP contribution >= 0.6 is 0 Å². The molecule has 0 unspecified atom stereocenters. The summed E-state index contributed by atoms with van der Waals surface area (Å²) in [6.07, 6.45) is 6.28. The van der Waals surface area contributed by atoms with Gasteiger partial charge >= 0.3 is 0 Å². The Morgan fingerprint density at radius 3 is 2.50 bits per heavy atom. The molecule has 124 valence electrons. The summed E-state index contributed by atoms with van der Waals surface area (Å²) in [5, 5.41) is 10.2. The normalized spacial score (nSPS) is 14.2. The number of anilines is 2. The van der Waals surface area contributed by atoms with Crippen molar-refractivity contribution in [3.05, 3.63) is 47.8 Å². The third-order valence-electron chi connectivity index (χ3n) is 4.07. The predicted molar refractivity (Wildman–Crippen MR) is 91.0 cm³/mol. The molecular weight excluding hydrogens is 306 g/mol. The second-order valence-electron chi connectivity index (χ2n) is 5.73. The van der Waals surface area contributed by atoms with Crippen molar-refractivity contribution in [1.82, 2.24) is 10.2 Å². The van der Waals surface area contributed by atoms with Crippen LogP contribution in [0.1, 0.15) is 40.0 Å². The molecule has 1 aliphatic rings. The fraction of sp³-hybridized carbons (Fsp3) is 0.294. The van der Waals surface area contributed by atoms with Gasteiger partial charge in [-0.3, -0.25) is 9.59 Å². The largest absolute Gasteiger partial charge is 0.370 e. The average Bonchev–Trinajstić information content (AvgIpc) is 2.63. The summed E-state index contributed by atoms with van der Waals surface area (Å²) < 4.78 is 0. The highest BCUT2D eigenvalue weighted by molar-refractivity contribution is 6.06. The second kappa shape index (κ2) is 7.08. The number of piperidine rings is 1. The first kappa shape index (κ1) is 15.9. The van der Waals surface area contributed by atoms with E-state index in [0.29, 0.717) is 16.8 Å². The van der Waals surface area contributed by atoms with Crippen molar-refractivity contribution in [2.24, 2.45) is 5.73 Å². The molecule has 24 heavy (non-hydrogen) atoms. The summed E-state index contributed by atoms with van der Waals surface area (Å²) in [6, 6.07) is 6.74. The first-order chi connectivity index (χ1) is 11.6. The van der Waals surface area contributed by atoms with E-state index in [4.69, 9.17) is 5.73 Å². The van der Waals surface area contributed by atoms with Crippen LogP contribution in [-0.2, 0) is 0 Å².